The molecule has 1 atom stereocenters. The van der Waals surface area contributed by atoms with Gasteiger partial charge in [0.05, 0.1) is 7.11 Å². The van der Waals surface area contributed by atoms with Crippen molar-refractivity contribution in [1.82, 2.24) is 5.32 Å². The summed E-state index contributed by atoms with van der Waals surface area (Å²) in [6.45, 7) is 0.157. The molecule has 0 saturated carbocycles. The zero-order chi connectivity index (χ0) is 24.5. The minimum absolute atomic E-state index is 0.157. The highest BCUT2D eigenvalue weighted by Crippen LogP contribution is 2.31. The molecule has 176 valence electrons. The average molecular weight is 500 g/mol. The van der Waals surface area contributed by atoms with Crippen molar-refractivity contribution in [3.63, 3.8) is 0 Å². The second-order valence-corrected chi connectivity index (χ2v) is 8.14. The van der Waals surface area contributed by atoms with E-state index in [1.807, 2.05) is 30.3 Å². The van der Waals surface area contributed by atoms with E-state index in [1.54, 1.807) is 42.5 Å². The molecule has 3 aromatic carbocycles. The Labute approximate surface area is 207 Å². The molecule has 0 aliphatic heterocycles. The van der Waals surface area contributed by atoms with Crippen molar-refractivity contribution in [2.24, 2.45) is 0 Å². The van der Waals surface area contributed by atoms with E-state index in [0.717, 1.165) is 5.56 Å². The van der Waals surface area contributed by atoms with Crippen LogP contribution < -0.4 is 14.8 Å². The summed E-state index contributed by atoms with van der Waals surface area (Å²) in [6, 6.07) is 18.4. The number of aliphatic carboxylic acids is 1. The summed E-state index contributed by atoms with van der Waals surface area (Å²) in [6.07, 6.45) is 3.03. The second kappa shape index (κ2) is 12.1. The molecular formula is C26H23Cl2NO5. The predicted octanol–water partition coefficient (Wildman–Crippen LogP) is 5.41. The van der Waals surface area contributed by atoms with Crippen LogP contribution >= 0.6 is 23.2 Å². The van der Waals surface area contributed by atoms with Gasteiger partial charge in [0.2, 0.25) is 5.91 Å². The number of hydrogen-bond donors (Lipinski definition) is 2. The third-order valence-corrected chi connectivity index (χ3v) is 5.65. The van der Waals surface area contributed by atoms with Crippen LogP contribution in [0.4, 0.5) is 0 Å². The Hall–Kier alpha value is -3.48. The molecule has 0 heterocycles. The summed E-state index contributed by atoms with van der Waals surface area (Å²) in [5.41, 5.74) is 2.15. The number of benzene rings is 3. The molecule has 6 nitrogen and oxygen atoms in total. The number of carbonyl (C=O) groups is 2. The molecule has 0 saturated heterocycles. The third kappa shape index (κ3) is 7.01. The first-order valence-electron chi connectivity index (χ1n) is 10.4. The van der Waals surface area contributed by atoms with Crippen molar-refractivity contribution >= 4 is 41.2 Å². The Balaban J connectivity index is 1.64. The number of nitrogens with one attached hydrogen (secondary N) is 1. The zero-order valence-corrected chi connectivity index (χ0v) is 19.8. The van der Waals surface area contributed by atoms with Crippen molar-refractivity contribution in [3.8, 4) is 11.5 Å². The maximum Gasteiger partial charge on any atom is 0.326 e. The topological polar surface area (TPSA) is 84.9 Å². The number of amides is 1. The Morgan fingerprint density at radius 2 is 1.71 bits per heavy atom. The molecule has 0 fully saturated rings. The summed E-state index contributed by atoms with van der Waals surface area (Å²) in [5, 5.41) is 13.0. The molecule has 0 radical (unpaired) electrons. The van der Waals surface area contributed by atoms with E-state index in [4.69, 9.17) is 32.7 Å². The lowest BCUT2D eigenvalue weighted by Crippen LogP contribution is -2.41. The predicted molar refractivity (Wildman–Crippen MR) is 133 cm³/mol. The quantitative estimate of drug-likeness (QED) is 0.364. The molecule has 0 aliphatic rings. The van der Waals surface area contributed by atoms with Gasteiger partial charge >= 0.3 is 5.97 Å². The standard InChI is InChI=1S/C26H23Cl2NO5/c1-33-24-15-18(10-12-23(24)34-16-19-20(27)8-5-9-21(19)28)11-13-25(30)29-22(26(31)32)14-17-6-3-2-4-7-17/h2-13,15,22H,14,16H2,1H3,(H,29,30)(H,31,32)/b13-11+/t22-/m1/s1. The first-order chi connectivity index (χ1) is 16.4. The minimum atomic E-state index is -1.10. The van der Waals surface area contributed by atoms with Gasteiger partial charge in [-0.1, -0.05) is 65.7 Å². The van der Waals surface area contributed by atoms with Crippen molar-refractivity contribution in [1.29, 1.82) is 0 Å². The van der Waals surface area contributed by atoms with Gasteiger partial charge in [-0.25, -0.2) is 4.79 Å². The highest BCUT2D eigenvalue weighted by molar-refractivity contribution is 6.35. The summed E-state index contributed by atoms with van der Waals surface area (Å²) < 4.78 is 11.2. The summed E-state index contributed by atoms with van der Waals surface area (Å²) in [5.74, 6) is -0.685. The number of halogens is 2. The van der Waals surface area contributed by atoms with Crippen LogP contribution in [0.5, 0.6) is 11.5 Å². The normalized spacial score (nSPS) is 11.7. The van der Waals surface area contributed by atoms with E-state index in [2.05, 4.69) is 5.32 Å². The molecule has 34 heavy (non-hydrogen) atoms. The Morgan fingerprint density at radius 3 is 2.35 bits per heavy atom. The zero-order valence-electron chi connectivity index (χ0n) is 18.3. The van der Waals surface area contributed by atoms with Gasteiger partial charge < -0.3 is 19.9 Å². The molecule has 0 unspecified atom stereocenters. The molecular weight excluding hydrogens is 477 g/mol. The summed E-state index contributed by atoms with van der Waals surface area (Å²) in [4.78, 5) is 23.9. The van der Waals surface area contributed by atoms with Gasteiger partial charge in [0.1, 0.15) is 12.6 Å². The maximum absolute atomic E-state index is 12.3. The van der Waals surface area contributed by atoms with E-state index in [-0.39, 0.29) is 13.0 Å². The van der Waals surface area contributed by atoms with Crippen LogP contribution in [0.15, 0.2) is 72.8 Å². The van der Waals surface area contributed by atoms with Crippen LogP contribution in [-0.2, 0) is 22.6 Å². The lowest BCUT2D eigenvalue weighted by atomic mass is 10.1. The van der Waals surface area contributed by atoms with E-state index in [0.29, 0.717) is 32.7 Å². The number of rotatable bonds is 10. The van der Waals surface area contributed by atoms with Gasteiger partial charge in [0.25, 0.3) is 0 Å². The van der Waals surface area contributed by atoms with E-state index < -0.39 is 17.9 Å². The SMILES string of the molecule is COc1cc(/C=C/C(=O)N[C@H](Cc2ccccc2)C(=O)O)ccc1OCc1c(Cl)cccc1Cl. The fourth-order valence-corrected chi connectivity index (χ4v) is 3.68. The molecule has 0 aromatic heterocycles. The van der Waals surface area contributed by atoms with Crippen molar-refractivity contribution < 1.29 is 24.2 Å². The highest BCUT2D eigenvalue weighted by Gasteiger charge is 2.19. The largest absolute Gasteiger partial charge is 0.493 e. The lowest BCUT2D eigenvalue weighted by molar-refractivity contribution is -0.141. The first-order valence-corrected chi connectivity index (χ1v) is 11.1. The molecule has 3 aromatic rings. The molecule has 3 rings (SSSR count). The van der Waals surface area contributed by atoms with Gasteiger partial charge in [0, 0.05) is 28.1 Å². The highest BCUT2D eigenvalue weighted by atomic mass is 35.5. The van der Waals surface area contributed by atoms with Crippen LogP contribution in [0.3, 0.4) is 0 Å². The van der Waals surface area contributed by atoms with Crippen LogP contribution in [0.2, 0.25) is 10.0 Å². The second-order valence-electron chi connectivity index (χ2n) is 7.32. The van der Waals surface area contributed by atoms with Gasteiger partial charge in [-0.2, -0.15) is 0 Å². The minimum Gasteiger partial charge on any atom is -0.493 e. The molecule has 0 bridgehead atoms. The van der Waals surface area contributed by atoms with E-state index in [1.165, 1.54) is 13.2 Å². The van der Waals surface area contributed by atoms with Crippen molar-refractivity contribution in [3.05, 3.63) is 99.5 Å². The molecule has 8 heteroatoms. The monoisotopic (exact) mass is 499 g/mol. The van der Waals surface area contributed by atoms with Gasteiger partial charge in [-0.05, 0) is 41.5 Å². The van der Waals surface area contributed by atoms with Crippen molar-refractivity contribution in [2.75, 3.05) is 7.11 Å². The average Bonchev–Trinajstić information content (AvgIpc) is 2.83. The third-order valence-electron chi connectivity index (χ3n) is 4.95. The van der Waals surface area contributed by atoms with Gasteiger partial charge in [0.15, 0.2) is 11.5 Å². The van der Waals surface area contributed by atoms with E-state index in [9.17, 15) is 14.7 Å². The van der Waals surface area contributed by atoms with Crippen LogP contribution in [-0.4, -0.2) is 30.1 Å². The number of ether oxygens (including phenoxy) is 2. The Morgan fingerprint density at radius 1 is 1.00 bits per heavy atom. The number of carboxylic acid groups (broad SMARTS) is 1. The van der Waals surface area contributed by atoms with Gasteiger partial charge in [-0.15, -0.1) is 0 Å². The molecule has 0 spiro atoms. The van der Waals surface area contributed by atoms with Crippen molar-refractivity contribution in [2.45, 2.75) is 19.1 Å². The summed E-state index contributed by atoms with van der Waals surface area (Å²) in [7, 11) is 1.51. The number of hydrogen-bond acceptors (Lipinski definition) is 4. The number of methoxy groups -OCH3 is 1. The van der Waals surface area contributed by atoms with Crippen LogP contribution in [0.1, 0.15) is 16.7 Å². The first kappa shape index (κ1) is 25.1. The Bertz CT molecular complexity index is 1160. The van der Waals surface area contributed by atoms with E-state index >= 15 is 0 Å². The lowest BCUT2D eigenvalue weighted by Gasteiger charge is -2.14. The fraction of sp³-hybridized carbons (Fsp3) is 0.154. The number of carbonyl (C=O) groups excluding carboxylic acids is 1. The summed E-state index contributed by atoms with van der Waals surface area (Å²) >= 11 is 12.4. The molecule has 1 amide bonds. The maximum atomic E-state index is 12.3. The molecule has 2 N–H and O–H groups in total. The fourth-order valence-electron chi connectivity index (χ4n) is 3.17. The Kier molecular flexibility index (Phi) is 8.96. The van der Waals surface area contributed by atoms with Crippen LogP contribution in [0.25, 0.3) is 6.08 Å². The van der Waals surface area contributed by atoms with Crippen LogP contribution in [0, 0.1) is 0 Å². The van der Waals surface area contributed by atoms with Gasteiger partial charge in [-0.3, -0.25) is 4.79 Å². The number of carboxylic acids is 1. The molecule has 0 aliphatic carbocycles. The smallest absolute Gasteiger partial charge is 0.326 e.